The number of nitrogens with zero attached hydrogens (tertiary/aromatic N) is 1. The Morgan fingerprint density at radius 1 is 1.44 bits per heavy atom. The fourth-order valence-corrected chi connectivity index (χ4v) is 2.10. The molecule has 1 saturated heterocycles. The van der Waals surface area contributed by atoms with Crippen molar-refractivity contribution in [3.05, 3.63) is 0 Å². The quantitative estimate of drug-likeness (QED) is 0.660. The molecule has 0 spiro atoms. The maximum Gasteiger partial charge on any atom is 0.239 e. The van der Waals surface area contributed by atoms with Gasteiger partial charge in [-0.05, 0) is 19.8 Å². The van der Waals surface area contributed by atoms with Crippen molar-refractivity contribution in [2.45, 2.75) is 51.7 Å². The van der Waals surface area contributed by atoms with E-state index in [9.17, 15) is 9.90 Å². The molecular formula is C12H24N2O2. The van der Waals surface area contributed by atoms with E-state index in [1.165, 1.54) is 12.8 Å². The third-order valence-corrected chi connectivity index (χ3v) is 3.13. The van der Waals surface area contributed by atoms with E-state index in [0.29, 0.717) is 13.0 Å². The van der Waals surface area contributed by atoms with Gasteiger partial charge in [0.25, 0.3) is 0 Å². The van der Waals surface area contributed by atoms with Crippen molar-refractivity contribution in [1.29, 1.82) is 0 Å². The Morgan fingerprint density at radius 3 is 2.69 bits per heavy atom. The van der Waals surface area contributed by atoms with Gasteiger partial charge in [0.05, 0.1) is 12.1 Å². The molecule has 2 N–H and O–H groups in total. The Labute approximate surface area is 98.0 Å². The average Bonchev–Trinajstić information content (AvgIpc) is 2.70. The monoisotopic (exact) mass is 228 g/mol. The van der Waals surface area contributed by atoms with Crippen LogP contribution in [0.5, 0.6) is 0 Å². The molecule has 1 aliphatic rings. The zero-order valence-corrected chi connectivity index (χ0v) is 10.4. The predicted octanol–water partition coefficient (Wildman–Crippen LogP) is 0.748. The lowest BCUT2D eigenvalue weighted by molar-refractivity contribution is -0.133. The smallest absolute Gasteiger partial charge is 0.239 e. The molecule has 1 rings (SSSR count). The van der Waals surface area contributed by atoms with E-state index in [1.807, 2.05) is 11.8 Å². The first-order valence-corrected chi connectivity index (χ1v) is 6.39. The van der Waals surface area contributed by atoms with E-state index in [4.69, 9.17) is 0 Å². The molecule has 1 amide bonds. The maximum atomic E-state index is 12.1. The summed E-state index contributed by atoms with van der Waals surface area (Å²) >= 11 is 0. The van der Waals surface area contributed by atoms with Crippen LogP contribution in [0.3, 0.4) is 0 Å². The summed E-state index contributed by atoms with van der Waals surface area (Å²) in [6.45, 7) is 6.32. The van der Waals surface area contributed by atoms with E-state index in [1.54, 1.807) is 0 Å². The van der Waals surface area contributed by atoms with Crippen LogP contribution in [0.4, 0.5) is 0 Å². The molecule has 0 saturated carbocycles. The van der Waals surface area contributed by atoms with Crippen molar-refractivity contribution in [2.75, 3.05) is 19.6 Å². The Kier molecular flexibility index (Phi) is 5.77. The number of aliphatic hydroxyl groups excluding tert-OH is 1. The van der Waals surface area contributed by atoms with Gasteiger partial charge in [0.1, 0.15) is 0 Å². The van der Waals surface area contributed by atoms with Gasteiger partial charge in [-0.3, -0.25) is 4.79 Å². The zero-order valence-electron chi connectivity index (χ0n) is 10.4. The molecule has 1 aliphatic heterocycles. The van der Waals surface area contributed by atoms with E-state index in [2.05, 4.69) is 12.2 Å². The fourth-order valence-electron chi connectivity index (χ4n) is 2.10. The van der Waals surface area contributed by atoms with Crippen molar-refractivity contribution in [3.8, 4) is 0 Å². The highest BCUT2D eigenvalue weighted by molar-refractivity contribution is 5.82. The van der Waals surface area contributed by atoms with Crippen LogP contribution >= 0.6 is 0 Å². The number of nitrogens with one attached hydrogen (secondary N) is 1. The van der Waals surface area contributed by atoms with Gasteiger partial charge < -0.3 is 15.3 Å². The number of hydrogen-bond donors (Lipinski definition) is 2. The van der Waals surface area contributed by atoms with Gasteiger partial charge in [0, 0.05) is 19.6 Å². The van der Waals surface area contributed by atoms with Crippen LogP contribution in [0.25, 0.3) is 0 Å². The molecule has 4 nitrogen and oxygen atoms in total. The average molecular weight is 228 g/mol. The first kappa shape index (κ1) is 13.5. The van der Waals surface area contributed by atoms with Crippen LogP contribution in [0, 0.1) is 0 Å². The van der Waals surface area contributed by atoms with E-state index >= 15 is 0 Å². The lowest BCUT2D eigenvalue weighted by Crippen LogP contribution is -2.43. The van der Waals surface area contributed by atoms with Gasteiger partial charge >= 0.3 is 0 Å². The normalized spacial score (nSPS) is 24.7. The van der Waals surface area contributed by atoms with Crippen LogP contribution in [-0.4, -0.2) is 47.7 Å². The van der Waals surface area contributed by atoms with Crippen molar-refractivity contribution in [3.63, 3.8) is 0 Å². The minimum absolute atomic E-state index is 0.148. The number of β-amino-alcohol motifs (C(OH)–C–C–N with tert-alkyl or cyclic N) is 1. The molecule has 0 aromatic carbocycles. The summed E-state index contributed by atoms with van der Waals surface area (Å²) in [5.41, 5.74) is 0. The second-order valence-electron chi connectivity index (χ2n) is 4.48. The summed E-state index contributed by atoms with van der Waals surface area (Å²) < 4.78 is 0. The lowest BCUT2D eigenvalue weighted by atomic mass is 10.1. The maximum absolute atomic E-state index is 12.1. The molecule has 1 heterocycles. The topological polar surface area (TPSA) is 52.6 Å². The third kappa shape index (κ3) is 3.76. The largest absolute Gasteiger partial charge is 0.392 e. The summed E-state index contributed by atoms with van der Waals surface area (Å²) in [5, 5.41) is 12.5. The summed E-state index contributed by atoms with van der Waals surface area (Å²) in [7, 11) is 0. The van der Waals surface area contributed by atoms with Crippen molar-refractivity contribution in [2.24, 2.45) is 0 Å². The number of unbranched alkanes of at least 4 members (excludes halogenated alkanes) is 2. The Bertz CT molecular complexity index is 221. The van der Waals surface area contributed by atoms with Gasteiger partial charge in [-0.2, -0.15) is 0 Å². The summed E-state index contributed by atoms with van der Waals surface area (Å²) in [5.74, 6) is 0.148. The number of likely N-dealkylation sites (N-methyl/N-ethyl adjacent to an activating group) is 1. The van der Waals surface area contributed by atoms with E-state index in [0.717, 1.165) is 19.5 Å². The van der Waals surface area contributed by atoms with E-state index < -0.39 is 0 Å². The van der Waals surface area contributed by atoms with Gasteiger partial charge in [0.2, 0.25) is 5.91 Å². The number of aliphatic hydroxyl groups is 1. The number of amides is 1. The Balaban J connectivity index is 2.36. The zero-order chi connectivity index (χ0) is 12.0. The highest BCUT2D eigenvalue weighted by Gasteiger charge is 2.30. The minimum Gasteiger partial charge on any atom is -0.392 e. The Hall–Kier alpha value is -0.610. The first-order valence-electron chi connectivity index (χ1n) is 6.39. The predicted molar refractivity (Wildman–Crippen MR) is 64.2 cm³/mol. The number of carbonyl (C=O) groups excluding carboxylic acids is 1. The lowest BCUT2D eigenvalue weighted by Gasteiger charge is -2.24. The fraction of sp³-hybridized carbons (Fsp3) is 0.917. The molecule has 0 aromatic rings. The van der Waals surface area contributed by atoms with Crippen molar-refractivity contribution in [1.82, 2.24) is 10.2 Å². The van der Waals surface area contributed by atoms with Crippen LogP contribution in [0.1, 0.15) is 39.5 Å². The first-order chi connectivity index (χ1) is 7.69. The van der Waals surface area contributed by atoms with Crippen molar-refractivity contribution >= 4 is 5.91 Å². The van der Waals surface area contributed by atoms with Crippen LogP contribution in [0.15, 0.2) is 0 Å². The van der Waals surface area contributed by atoms with E-state index in [-0.39, 0.29) is 18.1 Å². The van der Waals surface area contributed by atoms with Crippen LogP contribution in [-0.2, 0) is 4.79 Å². The SMILES string of the molecule is CCCCCN(CC)C(=O)[C@@H]1CC(O)CN1. The molecule has 0 radical (unpaired) electrons. The van der Waals surface area contributed by atoms with Crippen LogP contribution in [0.2, 0.25) is 0 Å². The number of rotatable bonds is 6. The van der Waals surface area contributed by atoms with Gasteiger partial charge in [-0.25, -0.2) is 0 Å². The minimum atomic E-state index is -0.358. The molecule has 1 fully saturated rings. The summed E-state index contributed by atoms with van der Waals surface area (Å²) in [6, 6.07) is -0.170. The molecule has 2 atom stereocenters. The third-order valence-electron chi connectivity index (χ3n) is 3.13. The van der Waals surface area contributed by atoms with Gasteiger partial charge in [-0.15, -0.1) is 0 Å². The summed E-state index contributed by atoms with van der Waals surface area (Å²) in [4.78, 5) is 14.0. The molecule has 1 unspecified atom stereocenters. The van der Waals surface area contributed by atoms with Crippen LogP contribution < -0.4 is 5.32 Å². The van der Waals surface area contributed by atoms with Gasteiger partial charge in [0.15, 0.2) is 0 Å². The molecule has 16 heavy (non-hydrogen) atoms. The summed E-state index contributed by atoms with van der Waals surface area (Å²) in [6.07, 6.45) is 3.62. The Morgan fingerprint density at radius 2 is 2.19 bits per heavy atom. The molecule has 0 aromatic heterocycles. The highest BCUT2D eigenvalue weighted by atomic mass is 16.3. The number of carbonyl (C=O) groups is 1. The second-order valence-corrected chi connectivity index (χ2v) is 4.48. The van der Waals surface area contributed by atoms with Crippen molar-refractivity contribution < 1.29 is 9.90 Å². The molecule has 94 valence electrons. The standard InChI is InChI=1S/C12H24N2O2/c1-3-5-6-7-14(4-2)12(16)11-8-10(15)9-13-11/h10-11,13,15H,3-9H2,1-2H3/t10?,11-/m0/s1. The second kappa shape index (κ2) is 6.86. The highest BCUT2D eigenvalue weighted by Crippen LogP contribution is 2.10. The van der Waals surface area contributed by atoms with Gasteiger partial charge in [-0.1, -0.05) is 19.8 Å². The molecule has 0 bridgehead atoms. The number of hydrogen-bond acceptors (Lipinski definition) is 3. The molecule has 4 heteroatoms. The molecule has 0 aliphatic carbocycles. The molecular weight excluding hydrogens is 204 g/mol.